The number of aromatic nitrogens is 1. The highest BCUT2D eigenvalue weighted by Gasteiger charge is 2.49. The molecule has 80 valence electrons. The van der Waals surface area contributed by atoms with E-state index in [1.54, 1.807) is 5.51 Å². The fraction of sp³-hybridized carbons (Fsp3) is 0.375. The number of carbonyl (C=O) groups excluding carboxylic acids is 2. The van der Waals surface area contributed by atoms with Crippen LogP contribution >= 0.6 is 11.3 Å². The Hall–Kier alpha value is -1.47. The van der Waals surface area contributed by atoms with Crippen LogP contribution in [0, 0.1) is 6.92 Å². The van der Waals surface area contributed by atoms with Gasteiger partial charge in [-0.1, -0.05) is 0 Å². The van der Waals surface area contributed by atoms with Crippen molar-refractivity contribution >= 4 is 23.3 Å². The molecular weight excluding hydrogens is 216 g/mol. The average molecular weight is 226 g/mol. The molecule has 1 unspecified atom stereocenters. The standard InChI is InChI=1S/C8H10N4O2S/c1-4-5(10-3-15-4)8(2-9)6(13)11-7(14)12-8/h3H,2,9H2,1H3,(H2,11,12,13,14). The monoisotopic (exact) mass is 226 g/mol. The molecule has 1 aromatic heterocycles. The summed E-state index contributed by atoms with van der Waals surface area (Å²) in [5, 5.41) is 4.70. The van der Waals surface area contributed by atoms with Crippen molar-refractivity contribution in [2.75, 3.05) is 6.54 Å². The maximum Gasteiger partial charge on any atom is 0.322 e. The molecule has 1 aromatic rings. The van der Waals surface area contributed by atoms with E-state index in [0.717, 1.165) is 4.88 Å². The Balaban J connectivity index is 2.51. The first-order chi connectivity index (χ1) is 7.10. The van der Waals surface area contributed by atoms with Crippen molar-refractivity contribution < 1.29 is 9.59 Å². The van der Waals surface area contributed by atoms with Gasteiger partial charge in [-0.05, 0) is 6.92 Å². The maximum atomic E-state index is 11.7. The zero-order chi connectivity index (χ0) is 11.1. The quantitative estimate of drug-likeness (QED) is 0.589. The van der Waals surface area contributed by atoms with Crippen LogP contribution in [0.25, 0.3) is 0 Å². The first-order valence-electron chi connectivity index (χ1n) is 4.34. The fourth-order valence-electron chi connectivity index (χ4n) is 1.61. The number of rotatable bonds is 2. The van der Waals surface area contributed by atoms with E-state index in [1.165, 1.54) is 11.3 Å². The van der Waals surface area contributed by atoms with Crippen LogP contribution in [0.2, 0.25) is 0 Å². The second-order valence-electron chi connectivity index (χ2n) is 3.27. The second-order valence-corrected chi connectivity index (χ2v) is 4.33. The zero-order valence-corrected chi connectivity index (χ0v) is 8.85. The van der Waals surface area contributed by atoms with Crippen molar-refractivity contribution in [1.29, 1.82) is 0 Å². The van der Waals surface area contributed by atoms with Gasteiger partial charge in [0, 0.05) is 11.4 Å². The lowest BCUT2D eigenvalue weighted by Crippen LogP contribution is -2.50. The lowest BCUT2D eigenvalue weighted by atomic mass is 9.95. The van der Waals surface area contributed by atoms with Crippen molar-refractivity contribution in [1.82, 2.24) is 15.6 Å². The molecule has 1 aliphatic heterocycles. The van der Waals surface area contributed by atoms with Crippen molar-refractivity contribution in [2.24, 2.45) is 5.73 Å². The summed E-state index contributed by atoms with van der Waals surface area (Å²) in [4.78, 5) is 27.8. The van der Waals surface area contributed by atoms with Crippen LogP contribution in [-0.2, 0) is 10.3 Å². The van der Waals surface area contributed by atoms with Gasteiger partial charge in [0.2, 0.25) is 0 Å². The van der Waals surface area contributed by atoms with E-state index in [2.05, 4.69) is 15.6 Å². The number of nitrogens with one attached hydrogen (secondary N) is 2. The number of hydrogen-bond acceptors (Lipinski definition) is 5. The van der Waals surface area contributed by atoms with Crippen LogP contribution in [0.15, 0.2) is 5.51 Å². The van der Waals surface area contributed by atoms with Gasteiger partial charge < -0.3 is 11.1 Å². The highest BCUT2D eigenvalue weighted by Crippen LogP contribution is 2.27. The molecule has 1 aliphatic rings. The van der Waals surface area contributed by atoms with Gasteiger partial charge in [0.1, 0.15) is 0 Å². The molecule has 1 saturated heterocycles. The number of thiazole rings is 1. The Bertz CT molecular complexity index is 430. The first-order valence-corrected chi connectivity index (χ1v) is 5.22. The Morgan fingerprint density at radius 2 is 2.33 bits per heavy atom. The summed E-state index contributed by atoms with van der Waals surface area (Å²) >= 11 is 1.41. The van der Waals surface area contributed by atoms with Crippen molar-refractivity contribution in [2.45, 2.75) is 12.5 Å². The number of nitrogens with zero attached hydrogens (tertiary/aromatic N) is 1. The minimum absolute atomic E-state index is 0.00481. The van der Waals surface area contributed by atoms with E-state index < -0.39 is 17.5 Å². The number of imide groups is 1. The minimum Gasteiger partial charge on any atom is -0.327 e. The summed E-state index contributed by atoms with van der Waals surface area (Å²) in [6.07, 6.45) is 0. The highest BCUT2D eigenvalue weighted by atomic mass is 32.1. The molecule has 15 heavy (non-hydrogen) atoms. The van der Waals surface area contributed by atoms with E-state index in [9.17, 15) is 9.59 Å². The highest BCUT2D eigenvalue weighted by molar-refractivity contribution is 7.09. The second kappa shape index (κ2) is 3.28. The Kier molecular flexibility index (Phi) is 2.20. The molecule has 0 aromatic carbocycles. The normalized spacial score (nSPS) is 25.2. The smallest absolute Gasteiger partial charge is 0.322 e. The van der Waals surface area contributed by atoms with Gasteiger partial charge in [0.05, 0.1) is 11.2 Å². The van der Waals surface area contributed by atoms with E-state index in [-0.39, 0.29) is 6.54 Å². The number of aryl methyl sites for hydroxylation is 1. The molecule has 2 heterocycles. The molecule has 0 aliphatic carbocycles. The summed E-state index contributed by atoms with van der Waals surface area (Å²) in [5.74, 6) is -0.441. The summed E-state index contributed by atoms with van der Waals surface area (Å²) < 4.78 is 0. The predicted molar refractivity (Wildman–Crippen MR) is 54.3 cm³/mol. The van der Waals surface area contributed by atoms with Crippen LogP contribution < -0.4 is 16.4 Å². The van der Waals surface area contributed by atoms with Gasteiger partial charge in [-0.25, -0.2) is 9.78 Å². The molecule has 0 radical (unpaired) electrons. The summed E-state index contributed by atoms with van der Waals surface area (Å²) in [7, 11) is 0. The third kappa shape index (κ3) is 1.31. The van der Waals surface area contributed by atoms with E-state index in [4.69, 9.17) is 5.73 Å². The number of nitrogens with two attached hydrogens (primary N) is 1. The molecule has 7 heteroatoms. The van der Waals surface area contributed by atoms with Crippen LogP contribution in [0.4, 0.5) is 4.79 Å². The topological polar surface area (TPSA) is 97.1 Å². The molecular formula is C8H10N4O2S. The van der Waals surface area contributed by atoms with Crippen LogP contribution in [0.5, 0.6) is 0 Å². The van der Waals surface area contributed by atoms with Crippen molar-refractivity contribution in [3.05, 3.63) is 16.1 Å². The van der Waals surface area contributed by atoms with Crippen molar-refractivity contribution in [3.8, 4) is 0 Å². The summed E-state index contributed by atoms with van der Waals surface area (Å²) in [6, 6.07) is -0.530. The average Bonchev–Trinajstić information content (AvgIpc) is 2.71. The van der Waals surface area contributed by atoms with Crippen molar-refractivity contribution in [3.63, 3.8) is 0 Å². The number of hydrogen-bond donors (Lipinski definition) is 3. The van der Waals surface area contributed by atoms with Crippen LogP contribution in [-0.4, -0.2) is 23.5 Å². The molecule has 3 amide bonds. The number of urea groups is 1. The molecule has 0 saturated carbocycles. The first kappa shape index (κ1) is 10.1. The zero-order valence-electron chi connectivity index (χ0n) is 8.03. The number of amides is 3. The van der Waals surface area contributed by atoms with Gasteiger partial charge in [-0.15, -0.1) is 11.3 Å². The summed E-state index contributed by atoms with van der Waals surface area (Å²) in [6.45, 7) is 1.83. The molecule has 6 nitrogen and oxygen atoms in total. The van der Waals surface area contributed by atoms with Gasteiger partial charge in [0.25, 0.3) is 5.91 Å². The largest absolute Gasteiger partial charge is 0.327 e. The Morgan fingerprint density at radius 1 is 1.60 bits per heavy atom. The molecule has 1 atom stereocenters. The van der Waals surface area contributed by atoms with E-state index >= 15 is 0 Å². The number of carbonyl (C=O) groups is 2. The third-order valence-corrected chi connectivity index (χ3v) is 3.15. The minimum atomic E-state index is -1.19. The maximum absolute atomic E-state index is 11.7. The molecule has 4 N–H and O–H groups in total. The molecule has 2 rings (SSSR count). The molecule has 1 fully saturated rings. The van der Waals surface area contributed by atoms with E-state index in [0.29, 0.717) is 5.69 Å². The predicted octanol–water partition coefficient (Wildman–Crippen LogP) is -0.555. The van der Waals surface area contributed by atoms with Crippen LogP contribution in [0.3, 0.4) is 0 Å². The Morgan fingerprint density at radius 3 is 2.73 bits per heavy atom. The lowest BCUT2D eigenvalue weighted by molar-refractivity contribution is -0.124. The Labute approximate surface area is 89.9 Å². The van der Waals surface area contributed by atoms with Gasteiger partial charge in [0.15, 0.2) is 5.54 Å². The fourth-order valence-corrected chi connectivity index (χ4v) is 2.27. The molecule has 0 spiro atoms. The SMILES string of the molecule is Cc1scnc1C1(CN)NC(=O)NC1=O. The van der Waals surface area contributed by atoms with Gasteiger partial charge in [-0.2, -0.15) is 0 Å². The van der Waals surface area contributed by atoms with Gasteiger partial charge >= 0.3 is 6.03 Å². The van der Waals surface area contributed by atoms with Crippen LogP contribution in [0.1, 0.15) is 10.6 Å². The van der Waals surface area contributed by atoms with E-state index in [1.807, 2.05) is 6.92 Å². The van der Waals surface area contributed by atoms with Gasteiger partial charge in [-0.3, -0.25) is 10.1 Å². The third-order valence-electron chi connectivity index (χ3n) is 2.40. The molecule has 0 bridgehead atoms. The summed E-state index contributed by atoms with van der Waals surface area (Å²) in [5.41, 5.74) is 6.53. The lowest BCUT2D eigenvalue weighted by Gasteiger charge is -2.22.